The third-order valence-electron chi connectivity index (χ3n) is 16.9. The maximum atomic E-state index is 13.0. The Balaban J connectivity index is 5.22. The van der Waals surface area contributed by atoms with Crippen LogP contribution in [0.1, 0.15) is 369 Å². The van der Waals surface area contributed by atoms with E-state index < -0.39 is 97.5 Å². The standard InChI is InChI=1S/C71H138O17P2/c1-6-10-13-16-19-22-24-26-28-29-30-32-34-37-40-46-51-56-70(75)87-66(60-82-69(74)55-50-45-39-36-33-31-27-25-23-20-17-14-11-7-2)62-85-89(77,78)83-58-65(72)59-84-90(79,80)86-63-67(61-81-68(73)54-49-44-38-35-21-18-15-12-8-3)88-71(76)57-52-47-42-41-43-48-53-64(5)9-4/h64-67,72H,6-63H2,1-5H3,(H,77,78)(H,79,80)/t64?,65-,66-,67-/m1/s1. The summed E-state index contributed by atoms with van der Waals surface area (Å²) < 4.78 is 68.3. The number of aliphatic hydroxyl groups excluding tert-OH is 1. The molecule has 0 saturated heterocycles. The first-order chi connectivity index (χ1) is 43.6. The molecule has 17 nitrogen and oxygen atoms in total. The maximum absolute atomic E-state index is 13.0. The lowest BCUT2D eigenvalue weighted by molar-refractivity contribution is -0.161. The van der Waals surface area contributed by atoms with Gasteiger partial charge in [0, 0.05) is 25.7 Å². The minimum atomic E-state index is -4.95. The molecule has 0 amide bonds. The van der Waals surface area contributed by atoms with Crippen LogP contribution in [0.15, 0.2) is 0 Å². The van der Waals surface area contributed by atoms with Crippen molar-refractivity contribution in [3.05, 3.63) is 0 Å². The number of carbonyl (C=O) groups excluding carboxylic acids is 4. The highest BCUT2D eigenvalue weighted by Gasteiger charge is 2.30. The van der Waals surface area contributed by atoms with E-state index >= 15 is 0 Å². The molecule has 0 saturated carbocycles. The lowest BCUT2D eigenvalue weighted by Crippen LogP contribution is -2.30. The van der Waals surface area contributed by atoms with Crippen LogP contribution in [0, 0.1) is 5.92 Å². The summed E-state index contributed by atoms with van der Waals surface area (Å²) in [7, 11) is -9.90. The topological polar surface area (TPSA) is 237 Å². The zero-order valence-electron chi connectivity index (χ0n) is 58.3. The largest absolute Gasteiger partial charge is 0.472 e. The van der Waals surface area contributed by atoms with E-state index in [9.17, 15) is 43.2 Å². The Hall–Kier alpha value is -1.94. The van der Waals surface area contributed by atoms with Gasteiger partial charge in [0.25, 0.3) is 0 Å². The van der Waals surface area contributed by atoms with E-state index in [-0.39, 0.29) is 25.7 Å². The molecule has 3 unspecified atom stereocenters. The van der Waals surface area contributed by atoms with Crippen LogP contribution in [0.3, 0.4) is 0 Å². The Labute approximate surface area is 549 Å². The molecule has 0 rings (SSSR count). The minimum absolute atomic E-state index is 0.103. The smallest absolute Gasteiger partial charge is 0.462 e. The summed E-state index contributed by atoms with van der Waals surface area (Å²) in [4.78, 5) is 72.5. The van der Waals surface area contributed by atoms with Gasteiger partial charge in [-0.1, -0.05) is 317 Å². The second kappa shape index (κ2) is 64.4. The lowest BCUT2D eigenvalue weighted by Gasteiger charge is -2.21. The van der Waals surface area contributed by atoms with Gasteiger partial charge in [-0.25, -0.2) is 9.13 Å². The van der Waals surface area contributed by atoms with E-state index in [1.54, 1.807) is 0 Å². The molecule has 0 radical (unpaired) electrons. The average Bonchev–Trinajstić information content (AvgIpc) is 3.67. The molecule has 0 spiro atoms. The SMILES string of the molecule is CCCCCCCCCCCCCCCCCCCC(=O)O[C@H](COC(=O)CCCCCCCCCCCCCCCC)COP(=O)(O)OC[C@@H](O)COP(=O)(O)OC[C@@H](COC(=O)CCCCCCCCCCC)OC(=O)CCCCCCCCC(C)CC. The zero-order chi connectivity index (χ0) is 66.3. The summed E-state index contributed by atoms with van der Waals surface area (Å²) in [5.74, 6) is -1.40. The molecule has 3 N–H and O–H groups in total. The predicted molar refractivity (Wildman–Crippen MR) is 363 cm³/mol. The van der Waals surface area contributed by atoms with Crippen molar-refractivity contribution in [2.24, 2.45) is 5.92 Å². The Kier molecular flexibility index (Phi) is 63.0. The normalized spacial score (nSPS) is 14.4. The number of ether oxygens (including phenoxy) is 4. The summed E-state index contributed by atoms with van der Waals surface area (Å²) in [6.45, 7) is 7.19. The molecule has 0 aliphatic carbocycles. The van der Waals surface area contributed by atoms with Crippen LogP contribution in [0.5, 0.6) is 0 Å². The third-order valence-corrected chi connectivity index (χ3v) is 18.8. The first-order valence-corrected chi connectivity index (χ1v) is 40.2. The number of carbonyl (C=O) groups is 4. The second-order valence-corrected chi connectivity index (χ2v) is 28.8. The van der Waals surface area contributed by atoms with E-state index in [2.05, 4.69) is 34.6 Å². The monoisotopic (exact) mass is 1320 g/mol. The van der Waals surface area contributed by atoms with Gasteiger partial charge >= 0.3 is 39.5 Å². The summed E-state index contributed by atoms with van der Waals surface area (Å²) in [5.41, 5.74) is 0. The molecule has 0 fully saturated rings. The van der Waals surface area contributed by atoms with Crippen molar-refractivity contribution in [3.63, 3.8) is 0 Å². The van der Waals surface area contributed by atoms with Crippen molar-refractivity contribution < 1.29 is 80.2 Å². The zero-order valence-corrected chi connectivity index (χ0v) is 60.1. The van der Waals surface area contributed by atoms with Crippen molar-refractivity contribution in [2.45, 2.75) is 387 Å². The molecular formula is C71H138O17P2. The number of aliphatic hydroxyl groups is 1. The fourth-order valence-electron chi connectivity index (χ4n) is 10.8. The molecule has 90 heavy (non-hydrogen) atoms. The van der Waals surface area contributed by atoms with Gasteiger partial charge in [-0.2, -0.15) is 0 Å². The Morgan fingerprint density at radius 1 is 0.311 bits per heavy atom. The van der Waals surface area contributed by atoms with Gasteiger partial charge in [-0.15, -0.1) is 0 Å². The van der Waals surface area contributed by atoms with Crippen LogP contribution in [-0.2, 0) is 65.4 Å². The van der Waals surface area contributed by atoms with E-state index in [4.69, 9.17) is 37.0 Å². The van der Waals surface area contributed by atoms with Crippen LogP contribution in [0.25, 0.3) is 0 Å². The highest BCUT2D eigenvalue weighted by molar-refractivity contribution is 7.47. The number of rotatable bonds is 71. The van der Waals surface area contributed by atoms with Crippen molar-refractivity contribution in [3.8, 4) is 0 Å². The third kappa shape index (κ3) is 63.5. The van der Waals surface area contributed by atoms with E-state index in [0.29, 0.717) is 25.7 Å². The fourth-order valence-corrected chi connectivity index (χ4v) is 12.4. The summed E-state index contributed by atoms with van der Waals surface area (Å²) >= 11 is 0. The first-order valence-electron chi connectivity index (χ1n) is 37.2. The van der Waals surface area contributed by atoms with Gasteiger partial charge in [0.2, 0.25) is 0 Å². The molecule has 0 aliphatic rings. The average molecular weight is 1330 g/mol. The van der Waals surface area contributed by atoms with Gasteiger partial charge in [0.15, 0.2) is 12.2 Å². The number of phosphoric ester groups is 2. The predicted octanol–water partition coefficient (Wildman–Crippen LogP) is 20.5. The van der Waals surface area contributed by atoms with Gasteiger partial charge in [0.05, 0.1) is 26.4 Å². The van der Waals surface area contributed by atoms with E-state index in [0.717, 1.165) is 95.8 Å². The molecule has 0 bridgehead atoms. The Morgan fingerprint density at radius 2 is 0.533 bits per heavy atom. The summed E-state index contributed by atoms with van der Waals surface area (Å²) in [6.07, 6.45) is 51.3. The molecule has 0 aromatic carbocycles. The molecular weight excluding hydrogens is 1190 g/mol. The van der Waals surface area contributed by atoms with Crippen LogP contribution >= 0.6 is 15.6 Å². The van der Waals surface area contributed by atoms with Gasteiger partial charge in [-0.05, 0) is 31.6 Å². The number of phosphoric acid groups is 2. The van der Waals surface area contributed by atoms with Gasteiger partial charge in [-0.3, -0.25) is 37.3 Å². The maximum Gasteiger partial charge on any atom is 0.472 e. The number of hydrogen-bond acceptors (Lipinski definition) is 15. The number of unbranched alkanes of at least 4 members (excludes halogenated alkanes) is 42. The number of esters is 4. The second-order valence-electron chi connectivity index (χ2n) is 25.9. The molecule has 0 heterocycles. The van der Waals surface area contributed by atoms with Gasteiger partial charge < -0.3 is 33.8 Å². The summed E-state index contributed by atoms with van der Waals surface area (Å²) in [6, 6.07) is 0. The molecule has 6 atom stereocenters. The van der Waals surface area contributed by atoms with Crippen LogP contribution < -0.4 is 0 Å². The van der Waals surface area contributed by atoms with Crippen molar-refractivity contribution in [1.29, 1.82) is 0 Å². The Bertz CT molecular complexity index is 1740. The Morgan fingerprint density at radius 3 is 0.789 bits per heavy atom. The van der Waals surface area contributed by atoms with Crippen LogP contribution in [0.4, 0.5) is 0 Å². The van der Waals surface area contributed by atoms with Gasteiger partial charge in [0.1, 0.15) is 19.3 Å². The van der Waals surface area contributed by atoms with E-state index in [1.807, 2.05) is 0 Å². The van der Waals surface area contributed by atoms with E-state index in [1.165, 1.54) is 193 Å². The van der Waals surface area contributed by atoms with Crippen molar-refractivity contribution >= 4 is 39.5 Å². The molecule has 0 aliphatic heterocycles. The van der Waals surface area contributed by atoms with Crippen molar-refractivity contribution in [2.75, 3.05) is 39.6 Å². The quantitative estimate of drug-likeness (QED) is 0.0222. The highest BCUT2D eigenvalue weighted by atomic mass is 31.2. The highest BCUT2D eigenvalue weighted by Crippen LogP contribution is 2.45. The van der Waals surface area contributed by atoms with Crippen LogP contribution in [-0.4, -0.2) is 96.7 Å². The number of hydrogen-bond donors (Lipinski definition) is 3. The summed E-state index contributed by atoms with van der Waals surface area (Å²) in [5, 5.41) is 10.6. The van der Waals surface area contributed by atoms with Crippen molar-refractivity contribution in [1.82, 2.24) is 0 Å². The molecule has 19 heteroatoms. The first kappa shape index (κ1) is 88.1. The lowest BCUT2D eigenvalue weighted by atomic mass is 10.00. The molecule has 534 valence electrons. The molecule has 0 aromatic heterocycles. The molecule has 0 aromatic rings. The van der Waals surface area contributed by atoms with Crippen LogP contribution in [0.2, 0.25) is 0 Å². The fraction of sp³-hybridized carbons (Fsp3) is 0.944. The minimum Gasteiger partial charge on any atom is -0.462 e.